The summed E-state index contributed by atoms with van der Waals surface area (Å²) in [6.45, 7) is 3.55. The molecule has 0 radical (unpaired) electrons. The topological polar surface area (TPSA) is 107 Å². The number of amides is 2. The minimum absolute atomic E-state index is 0.0336. The molecule has 5 atom stereocenters. The van der Waals surface area contributed by atoms with Crippen LogP contribution in [0, 0.1) is 23.7 Å². The molecule has 0 aromatic carbocycles. The van der Waals surface area contributed by atoms with Crippen LogP contribution >= 0.6 is 0 Å². The fourth-order valence-electron chi connectivity index (χ4n) is 4.68. The Labute approximate surface area is 170 Å². The molecule has 3 aliphatic rings. The van der Waals surface area contributed by atoms with E-state index < -0.39 is 6.10 Å². The lowest BCUT2D eigenvalue weighted by Crippen LogP contribution is -2.43. The van der Waals surface area contributed by atoms with Crippen LogP contribution in [0.3, 0.4) is 0 Å². The molecule has 3 N–H and O–H groups in total. The number of imide groups is 1. The Morgan fingerprint density at radius 1 is 1.21 bits per heavy atom. The number of rotatable bonds is 7. The van der Waals surface area contributed by atoms with E-state index in [0.717, 1.165) is 12.0 Å². The van der Waals surface area contributed by atoms with Crippen LogP contribution in [-0.4, -0.2) is 58.9 Å². The molecule has 1 saturated carbocycles. The first-order valence-corrected chi connectivity index (χ1v) is 10.2. The zero-order chi connectivity index (χ0) is 20.4. The van der Waals surface area contributed by atoms with Gasteiger partial charge in [0, 0.05) is 32.0 Å². The molecule has 1 aliphatic heterocycles. The summed E-state index contributed by atoms with van der Waals surface area (Å²) in [6.07, 6.45) is 7.68. The van der Waals surface area contributed by atoms with Crippen LogP contribution in [0.15, 0.2) is 41.7 Å². The normalized spacial score (nSPS) is 28.8. The second kappa shape index (κ2) is 8.32. The summed E-state index contributed by atoms with van der Waals surface area (Å²) in [5.74, 6) is 0.620. The molecular formula is C21H27N5O3. The number of nitrogens with one attached hydrogen (secondary N) is 2. The van der Waals surface area contributed by atoms with Gasteiger partial charge in [-0.25, -0.2) is 0 Å². The molecule has 2 bridgehead atoms. The maximum absolute atomic E-state index is 12.7. The van der Waals surface area contributed by atoms with Gasteiger partial charge in [-0.2, -0.15) is 0 Å². The molecular weight excluding hydrogens is 370 g/mol. The average Bonchev–Trinajstić information content (AvgIpc) is 3.42. The number of nitrogens with zero attached hydrogens (tertiary/aromatic N) is 3. The largest absolute Gasteiger partial charge is 0.386 e. The summed E-state index contributed by atoms with van der Waals surface area (Å²) < 4.78 is 0. The number of hydrogen-bond donors (Lipinski definition) is 3. The van der Waals surface area contributed by atoms with Crippen molar-refractivity contribution in [2.24, 2.45) is 28.7 Å². The predicted octanol–water partition coefficient (Wildman–Crippen LogP) is 0.477. The smallest absolute Gasteiger partial charge is 0.233 e. The molecule has 2 amide bonds. The van der Waals surface area contributed by atoms with Gasteiger partial charge in [-0.15, -0.1) is 0 Å². The maximum Gasteiger partial charge on any atom is 0.233 e. The number of aromatic nitrogens is 1. The Bertz CT molecular complexity index is 795. The van der Waals surface area contributed by atoms with Gasteiger partial charge < -0.3 is 15.7 Å². The molecule has 8 heteroatoms. The van der Waals surface area contributed by atoms with Crippen molar-refractivity contribution in [2.75, 3.05) is 26.2 Å². The predicted molar refractivity (Wildman–Crippen MR) is 108 cm³/mol. The number of pyridine rings is 1. The summed E-state index contributed by atoms with van der Waals surface area (Å²) >= 11 is 0. The third-order valence-corrected chi connectivity index (χ3v) is 6.05. The quantitative estimate of drug-likeness (QED) is 0.267. The van der Waals surface area contributed by atoms with Crippen LogP contribution in [0.1, 0.15) is 25.0 Å². The van der Waals surface area contributed by atoms with E-state index >= 15 is 0 Å². The molecule has 154 valence electrons. The number of hydrogen-bond acceptors (Lipinski definition) is 5. The summed E-state index contributed by atoms with van der Waals surface area (Å²) in [4.78, 5) is 35.2. The second-order valence-electron chi connectivity index (χ2n) is 7.77. The highest BCUT2D eigenvalue weighted by atomic mass is 16.3. The zero-order valence-corrected chi connectivity index (χ0v) is 16.5. The standard InChI is InChI=1S/C21H27N5O3/c1-2-23-21(25-12-16(27)13-5-7-22-8-6-13)24-9-10-26-19(28)17-14-3-4-15(11-14)18(17)20(26)29/h3-8,14-18,27H,2,9-12H2,1H3,(H2,23,24,25). The third-order valence-electron chi connectivity index (χ3n) is 6.05. The van der Waals surface area contributed by atoms with Gasteiger partial charge in [0.15, 0.2) is 5.96 Å². The number of aliphatic imine (C=N–C) groups is 1. The molecule has 2 aliphatic carbocycles. The first kappa shape index (κ1) is 19.6. The van der Waals surface area contributed by atoms with Gasteiger partial charge in [0.25, 0.3) is 0 Å². The van der Waals surface area contributed by atoms with Crippen molar-refractivity contribution in [3.8, 4) is 0 Å². The monoisotopic (exact) mass is 397 g/mol. The number of aliphatic hydroxyl groups is 1. The van der Waals surface area contributed by atoms with Crippen LogP contribution in [0.4, 0.5) is 0 Å². The highest BCUT2D eigenvalue weighted by Gasteiger charge is 2.58. The molecule has 1 aromatic rings. The van der Waals surface area contributed by atoms with Gasteiger partial charge >= 0.3 is 0 Å². The van der Waals surface area contributed by atoms with Crippen molar-refractivity contribution in [3.05, 3.63) is 42.2 Å². The Morgan fingerprint density at radius 3 is 2.48 bits per heavy atom. The van der Waals surface area contributed by atoms with Gasteiger partial charge in [0.1, 0.15) is 0 Å². The third kappa shape index (κ3) is 3.76. The Morgan fingerprint density at radius 2 is 1.86 bits per heavy atom. The lowest BCUT2D eigenvalue weighted by Gasteiger charge is -2.19. The van der Waals surface area contributed by atoms with E-state index in [1.807, 2.05) is 6.92 Å². The van der Waals surface area contributed by atoms with Crippen molar-refractivity contribution < 1.29 is 14.7 Å². The van der Waals surface area contributed by atoms with Crippen molar-refractivity contribution >= 4 is 17.8 Å². The second-order valence-corrected chi connectivity index (χ2v) is 7.77. The lowest BCUT2D eigenvalue weighted by atomic mass is 9.85. The number of carbonyl (C=O) groups is 2. The fraction of sp³-hybridized carbons (Fsp3) is 0.524. The van der Waals surface area contributed by atoms with Crippen molar-refractivity contribution in [1.29, 1.82) is 0 Å². The molecule has 2 heterocycles. The molecule has 1 saturated heterocycles. The number of likely N-dealkylation sites (tertiary alicyclic amines) is 1. The fourth-order valence-corrected chi connectivity index (χ4v) is 4.68. The van der Waals surface area contributed by atoms with Crippen LogP contribution in [0.2, 0.25) is 0 Å². The number of guanidine groups is 1. The maximum atomic E-state index is 12.7. The van der Waals surface area contributed by atoms with Crippen LogP contribution in [0.25, 0.3) is 0 Å². The van der Waals surface area contributed by atoms with E-state index in [4.69, 9.17) is 0 Å². The lowest BCUT2D eigenvalue weighted by molar-refractivity contribution is -0.140. The van der Waals surface area contributed by atoms with E-state index in [1.54, 1.807) is 24.5 Å². The van der Waals surface area contributed by atoms with E-state index in [-0.39, 0.29) is 42.0 Å². The number of allylic oxidation sites excluding steroid dienone is 2. The molecule has 2 fully saturated rings. The van der Waals surface area contributed by atoms with Crippen LogP contribution in [-0.2, 0) is 9.59 Å². The Kier molecular flexibility index (Phi) is 5.62. The van der Waals surface area contributed by atoms with Crippen LogP contribution < -0.4 is 10.6 Å². The van der Waals surface area contributed by atoms with Crippen molar-refractivity contribution in [3.63, 3.8) is 0 Å². The minimum atomic E-state index is -0.724. The van der Waals surface area contributed by atoms with Crippen molar-refractivity contribution in [1.82, 2.24) is 20.5 Å². The molecule has 1 aromatic heterocycles. The van der Waals surface area contributed by atoms with E-state index in [0.29, 0.717) is 25.6 Å². The summed E-state index contributed by atoms with van der Waals surface area (Å²) in [5.41, 5.74) is 0.752. The Hall–Kier alpha value is -2.74. The first-order chi connectivity index (χ1) is 14.1. The number of carbonyl (C=O) groups excluding carboxylic acids is 2. The van der Waals surface area contributed by atoms with Gasteiger partial charge in [0.2, 0.25) is 11.8 Å². The summed E-state index contributed by atoms with van der Waals surface area (Å²) in [6, 6.07) is 3.51. The number of fused-ring (bicyclic) bond motifs is 5. The van der Waals surface area contributed by atoms with Gasteiger partial charge in [-0.05, 0) is 42.9 Å². The van der Waals surface area contributed by atoms with Crippen LogP contribution in [0.5, 0.6) is 0 Å². The molecule has 29 heavy (non-hydrogen) atoms. The molecule has 5 unspecified atom stereocenters. The highest BCUT2D eigenvalue weighted by molar-refractivity contribution is 6.06. The van der Waals surface area contributed by atoms with E-state index in [2.05, 4.69) is 32.8 Å². The zero-order valence-electron chi connectivity index (χ0n) is 16.5. The highest BCUT2D eigenvalue weighted by Crippen LogP contribution is 2.52. The van der Waals surface area contributed by atoms with E-state index in [9.17, 15) is 14.7 Å². The van der Waals surface area contributed by atoms with Crippen molar-refractivity contribution in [2.45, 2.75) is 19.4 Å². The molecule has 4 rings (SSSR count). The average molecular weight is 397 g/mol. The van der Waals surface area contributed by atoms with Gasteiger partial charge in [-0.3, -0.25) is 24.5 Å². The number of aliphatic hydroxyl groups excluding tert-OH is 1. The first-order valence-electron chi connectivity index (χ1n) is 10.2. The SMILES string of the molecule is CCNC(=NCC(O)c1ccncc1)NCCN1C(=O)C2C3C=CC(C3)C2C1=O. The molecule has 0 spiro atoms. The minimum Gasteiger partial charge on any atom is -0.386 e. The van der Waals surface area contributed by atoms with Gasteiger partial charge in [0.05, 0.1) is 24.5 Å². The summed E-state index contributed by atoms with van der Waals surface area (Å²) in [5, 5.41) is 16.5. The van der Waals surface area contributed by atoms with Gasteiger partial charge in [-0.1, -0.05) is 12.2 Å². The van der Waals surface area contributed by atoms with E-state index in [1.165, 1.54) is 4.90 Å². The summed E-state index contributed by atoms with van der Waals surface area (Å²) in [7, 11) is 0. The molecule has 8 nitrogen and oxygen atoms in total. The Balaban J connectivity index is 1.31.